The summed E-state index contributed by atoms with van der Waals surface area (Å²) in [5.74, 6) is 1.69. The zero-order chi connectivity index (χ0) is 15.5. The van der Waals surface area contributed by atoms with Gasteiger partial charge in [0.2, 0.25) is 0 Å². The van der Waals surface area contributed by atoms with E-state index in [1.54, 1.807) is 12.7 Å². The van der Waals surface area contributed by atoms with Crippen LogP contribution in [0.5, 0.6) is 11.5 Å². The van der Waals surface area contributed by atoms with Crippen LogP contribution < -0.4 is 9.47 Å². The Balaban J connectivity index is 1.38. The summed E-state index contributed by atoms with van der Waals surface area (Å²) in [6, 6.07) is 6.18. The Bertz CT molecular complexity index is 647. The van der Waals surface area contributed by atoms with Crippen LogP contribution in [0.1, 0.15) is 5.56 Å². The molecule has 2 aromatic rings. The van der Waals surface area contributed by atoms with Crippen LogP contribution in [0, 0.1) is 0 Å². The molecule has 3 heterocycles. The van der Waals surface area contributed by atoms with Crippen molar-refractivity contribution in [2.75, 3.05) is 32.9 Å². The molecular formula is C16H20N4O3. The molecule has 0 saturated carbocycles. The van der Waals surface area contributed by atoms with Gasteiger partial charge in [-0.05, 0) is 17.7 Å². The summed E-state index contributed by atoms with van der Waals surface area (Å²) in [6.07, 6.45) is 3.42. The van der Waals surface area contributed by atoms with Crippen molar-refractivity contribution < 1.29 is 14.2 Å². The molecule has 1 aromatic heterocycles. The largest absolute Gasteiger partial charge is 0.486 e. The molecule has 122 valence electrons. The maximum absolute atomic E-state index is 5.83. The molecule has 0 N–H and O–H groups in total. The van der Waals surface area contributed by atoms with Gasteiger partial charge in [0.15, 0.2) is 11.5 Å². The Hall–Kier alpha value is -2.12. The summed E-state index contributed by atoms with van der Waals surface area (Å²) in [7, 11) is 0. The van der Waals surface area contributed by atoms with E-state index in [0.717, 1.165) is 44.3 Å². The van der Waals surface area contributed by atoms with E-state index < -0.39 is 0 Å². The van der Waals surface area contributed by atoms with Crippen LogP contribution in [0.15, 0.2) is 30.9 Å². The van der Waals surface area contributed by atoms with E-state index >= 15 is 0 Å². The van der Waals surface area contributed by atoms with E-state index in [2.05, 4.69) is 27.1 Å². The number of ether oxygens (including phenoxy) is 3. The van der Waals surface area contributed by atoms with Gasteiger partial charge in [-0.2, -0.15) is 5.10 Å². The Labute approximate surface area is 134 Å². The molecule has 7 nitrogen and oxygen atoms in total. The lowest BCUT2D eigenvalue weighted by molar-refractivity contribution is -0.0402. The monoisotopic (exact) mass is 316 g/mol. The smallest absolute Gasteiger partial charge is 0.161 e. The van der Waals surface area contributed by atoms with Gasteiger partial charge in [0.05, 0.1) is 19.3 Å². The second-order valence-electron chi connectivity index (χ2n) is 5.82. The van der Waals surface area contributed by atoms with Crippen LogP contribution in [0.3, 0.4) is 0 Å². The molecule has 1 atom stereocenters. The molecule has 23 heavy (non-hydrogen) atoms. The molecule has 1 saturated heterocycles. The predicted octanol–water partition coefficient (Wildman–Crippen LogP) is 0.950. The highest BCUT2D eigenvalue weighted by atomic mass is 16.6. The van der Waals surface area contributed by atoms with E-state index in [-0.39, 0.29) is 6.10 Å². The molecule has 2 aliphatic rings. The number of fused-ring (bicyclic) bond motifs is 1. The number of aromatic nitrogens is 3. The third kappa shape index (κ3) is 3.46. The van der Waals surface area contributed by atoms with Crippen LogP contribution in [-0.2, 0) is 17.8 Å². The van der Waals surface area contributed by atoms with Crippen LogP contribution in [0.25, 0.3) is 0 Å². The summed E-state index contributed by atoms with van der Waals surface area (Å²) in [5, 5.41) is 4.14. The van der Waals surface area contributed by atoms with Gasteiger partial charge in [-0.3, -0.25) is 9.58 Å². The third-order valence-corrected chi connectivity index (χ3v) is 4.09. The van der Waals surface area contributed by atoms with Crippen molar-refractivity contribution >= 4 is 0 Å². The number of benzene rings is 1. The van der Waals surface area contributed by atoms with Gasteiger partial charge in [0.25, 0.3) is 0 Å². The average molecular weight is 316 g/mol. The SMILES string of the molecule is c1ncn(C[C@@H]2CN(Cc3ccc4c(c3)OCCO4)CCO2)n1. The minimum atomic E-state index is 0.141. The maximum atomic E-state index is 5.83. The van der Waals surface area contributed by atoms with Gasteiger partial charge < -0.3 is 14.2 Å². The van der Waals surface area contributed by atoms with Gasteiger partial charge in [-0.1, -0.05) is 6.07 Å². The lowest BCUT2D eigenvalue weighted by Gasteiger charge is -2.33. The van der Waals surface area contributed by atoms with Gasteiger partial charge in [0.1, 0.15) is 25.9 Å². The predicted molar refractivity (Wildman–Crippen MR) is 82.5 cm³/mol. The number of morpholine rings is 1. The summed E-state index contributed by atoms with van der Waals surface area (Å²) in [6.45, 7) is 5.42. The van der Waals surface area contributed by atoms with E-state index in [1.807, 2.05) is 10.7 Å². The normalized spacial score (nSPS) is 21.3. The van der Waals surface area contributed by atoms with Crippen molar-refractivity contribution in [1.82, 2.24) is 19.7 Å². The van der Waals surface area contributed by atoms with Gasteiger partial charge in [-0.15, -0.1) is 0 Å². The number of nitrogens with zero attached hydrogens (tertiary/aromatic N) is 4. The van der Waals surface area contributed by atoms with E-state index in [1.165, 1.54) is 5.56 Å². The van der Waals surface area contributed by atoms with Crippen LogP contribution in [0.4, 0.5) is 0 Å². The lowest BCUT2D eigenvalue weighted by atomic mass is 10.1. The highest BCUT2D eigenvalue weighted by Crippen LogP contribution is 2.31. The van der Waals surface area contributed by atoms with E-state index in [4.69, 9.17) is 14.2 Å². The fourth-order valence-electron chi connectivity index (χ4n) is 3.01. The molecule has 0 amide bonds. The van der Waals surface area contributed by atoms with Crippen molar-refractivity contribution in [3.8, 4) is 11.5 Å². The molecule has 1 aromatic carbocycles. The standard InChI is InChI=1S/C16H20N4O3/c1-2-15-16(23-6-5-22-15)7-13(1)8-19-3-4-21-14(9-19)10-20-12-17-11-18-20/h1-2,7,11-12,14H,3-6,8-10H2/t14-/m0/s1. The maximum Gasteiger partial charge on any atom is 0.161 e. The summed E-state index contributed by atoms with van der Waals surface area (Å²) in [4.78, 5) is 6.37. The first-order valence-corrected chi connectivity index (χ1v) is 7.92. The van der Waals surface area contributed by atoms with Crippen molar-refractivity contribution in [3.63, 3.8) is 0 Å². The fraction of sp³-hybridized carbons (Fsp3) is 0.500. The number of rotatable bonds is 4. The van der Waals surface area contributed by atoms with Gasteiger partial charge in [-0.25, -0.2) is 4.98 Å². The van der Waals surface area contributed by atoms with E-state index in [9.17, 15) is 0 Å². The quantitative estimate of drug-likeness (QED) is 0.837. The molecule has 0 aliphatic carbocycles. The topological polar surface area (TPSA) is 61.6 Å². The Morgan fingerprint density at radius 1 is 1.13 bits per heavy atom. The third-order valence-electron chi connectivity index (χ3n) is 4.09. The Morgan fingerprint density at radius 2 is 2.04 bits per heavy atom. The molecule has 1 fully saturated rings. The zero-order valence-electron chi connectivity index (χ0n) is 12.9. The molecule has 2 aliphatic heterocycles. The average Bonchev–Trinajstić information content (AvgIpc) is 3.08. The molecule has 0 bridgehead atoms. The van der Waals surface area contributed by atoms with Crippen molar-refractivity contribution in [3.05, 3.63) is 36.4 Å². The Morgan fingerprint density at radius 3 is 2.91 bits per heavy atom. The number of hydrogen-bond acceptors (Lipinski definition) is 6. The molecule has 0 unspecified atom stereocenters. The Kier molecular flexibility index (Phi) is 4.12. The first-order chi connectivity index (χ1) is 11.4. The number of hydrogen-bond donors (Lipinski definition) is 0. The second-order valence-corrected chi connectivity index (χ2v) is 5.82. The second kappa shape index (κ2) is 6.55. The molecule has 0 spiro atoms. The van der Waals surface area contributed by atoms with Crippen LogP contribution in [-0.4, -0.2) is 58.7 Å². The van der Waals surface area contributed by atoms with Crippen molar-refractivity contribution in [2.45, 2.75) is 19.2 Å². The molecule has 7 heteroatoms. The van der Waals surface area contributed by atoms with E-state index in [0.29, 0.717) is 13.2 Å². The van der Waals surface area contributed by atoms with Gasteiger partial charge in [0, 0.05) is 19.6 Å². The van der Waals surface area contributed by atoms with Crippen LogP contribution >= 0.6 is 0 Å². The lowest BCUT2D eigenvalue weighted by Crippen LogP contribution is -2.43. The molecule has 0 radical (unpaired) electrons. The summed E-state index contributed by atoms with van der Waals surface area (Å²) < 4.78 is 18.9. The summed E-state index contributed by atoms with van der Waals surface area (Å²) in [5.41, 5.74) is 1.23. The minimum absolute atomic E-state index is 0.141. The highest BCUT2D eigenvalue weighted by Gasteiger charge is 2.22. The summed E-state index contributed by atoms with van der Waals surface area (Å²) >= 11 is 0. The zero-order valence-corrected chi connectivity index (χ0v) is 12.9. The molecular weight excluding hydrogens is 296 g/mol. The first-order valence-electron chi connectivity index (χ1n) is 7.92. The van der Waals surface area contributed by atoms with Crippen LogP contribution in [0.2, 0.25) is 0 Å². The van der Waals surface area contributed by atoms with Gasteiger partial charge >= 0.3 is 0 Å². The first kappa shape index (κ1) is 14.5. The fourth-order valence-corrected chi connectivity index (χ4v) is 3.01. The highest BCUT2D eigenvalue weighted by molar-refractivity contribution is 5.43. The van der Waals surface area contributed by atoms with Crippen molar-refractivity contribution in [2.24, 2.45) is 0 Å². The van der Waals surface area contributed by atoms with Crippen molar-refractivity contribution in [1.29, 1.82) is 0 Å². The minimum Gasteiger partial charge on any atom is -0.486 e. The molecule has 4 rings (SSSR count).